The first-order valence-corrected chi connectivity index (χ1v) is 5.90. The Morgan fingerprint density at radius 1 is 1.11 bits per heavy atom. The lowest BCUT2D eigenvalue weighted by Gasteiger charge is -2.10. The monoisotopic (exact) mass is 257 g/mol. The third kappa shape index (κ3) is 1.60. The van der Waals surface area contributed by atoms with Gasteiger partial charge in [0.05, 0.1) is 5.52 Å². The van der Waals surface area contributed by atoms with Crippen LogP contribution in [-0.4, -0.2) is 9.67 Å². The van der Waals surface area contributed by atoms with Gasteiger partial charge in [-0.05, 0) is 42.1 Å². The van der Waals surface area contributed by atoms with Crippen molar-refractivity contribution < 1.29 is 9.50 Å². The van der Waals surface area contributed by atoms with Crippen LogP contribution in [0, 0.1) is 12.7 Å². The zero-order valence-corrected chi connectivity index (χ0v) is 10.6. The van der Waals surface area contributed by atoms with Crippen molar-refractivity contribution in [2.75, 3.05) is 0 Å². The molecule has 0 radical (unpaired) electrons. The molecule has 19 heavy (non-hydrogen) atoms. The van der Waals surface area contributed by atoms with E-state index in [2.05, 4.69) is 0 Å². The molecule has 1 heterocycles. The molecular weight excluding hydrogens is 245 g/mol. The Morgan fingerprint density at radius 2 is 1.84 bits per heavy atom. The second-order valence-electron chi connectivity index (χ2n) is 4.71. The first kappa shape index (κ1) is 11.7. The van der Waals surface area contributed by atoms with Crippen molar-refractivity contribution in [2.45, 2.75) is 6.92 Å². The predicted octanol–water partition coefficient (Wildman–Crippen LogP) is 2.84. The summed E-state index contributed by atoms with van der Waals surface area (Å²) in [6.45, 7) is 1.63. The van der Waals surface area contributed by atoms with Crippen LogP contribution in [-0.2, 0) is 7.05 Å². The SMILES string of the molecule is Cc1cc2c(=O)n(C)c3cc(O)ccc3c2cc1F. The Hall–Kier alpha value is -2.36. The van der Waals surface area contributed by atoms with Gasteiger partial charge in [0, 0.05) is 23.9 Å². The molecule has 3 nitrogen and oxygen atoms in total. The second-order valence-corrected chi connectivity index (χ2v) is 4.71. The Labute approximate surface area is 108 Å². The van der Waals surface area contributed by atoms with E-state index >= 15 is 0 Å². The summed E-state index contributed by atoms with van der Waals surface area (Å²) in [4.78, 5) is 12.3. The number of halogens is 1. The van der Waals surface area contributed by atoms with Crippen LogP contribution in [0.25, 0.3) is 21.7 Å². The molecule has 0 unspecified atom stereocenters. The van der Waals surface area contributed by atoms with Crippen LogP contribution >= 0.6 is 0 Å². The molecular formula is C15H12FNO2. The lowest BCUT2D eigenvalue weighted by atomic mass is 10.0. The third-order valence-corrected chi connectivity index (χ3v) is 3.47. The fourth-order valence-corrected chi connectivity index (χ4v) is 2.40. The lowest BCUT2D eigenvalue weighted by Crippen LogP contribution is -2.17. The molecule has 2 aromatic carbocycles. The van der Waals surface area contributed by atoms with E-state index in [1.807, 2.05) is 0 Å². The lowest BCUT2D eigenvalue weighted by molar-refractivity contribution is 0.476. The van der Waals surface area contributed by atoms with E-state index in [1.165, 1.54) is 22.8 Å². The van der Waals surface area contributed by atoms with E-state index in [1.54, 1.807) is 26.1 Å². The molecule has 1 N–H and O–H groups in total. The molecule has 96 valence electrons. The minimum Gasteiger partial charge on any atom is -0.508 e. The number of phenols is 1. The van der Waals surface area contributed by atoms with Gasteiger partial charge in [0.1, 0.15) is 11.6 Å². The molecule has 0 amide bonds. The Bertz CT molecular complexity index is 881. The number of hydrogen-bond acceptors (Lipinski definition) is 2. The fourth-order valence-electron chi connectivity index (χ4n) is 2.40. The molecule has 0 bridgehead atoms. The summed E-state index contributed by atoms with van der Waals surface area (Å²) in [5.41, 5.74) is 0.833. The molecule has 3 rings (SSSR count). The van der Waals surface area contributed by atoms with E-state index in [4.69, 9.17) is 0 Å². The van der Waals surface area contributed by atoms with E-state index in [9.17, 15) is 14.3 Å². The van der Waals surface area contributed by atoms with E-state index in [0.29, 0.717) is 21.9 Å². The van der Waals surface area contributed by atoms with Gasteiger partial charge in [0.25, 0.3) is 5.56 Å². The average molecular weight is 257 g/mol. The highest BCUT2D eigenvalue weighted by molar-refractivity contribution is 6.06. The molecule has 0 saturated heterocycles. The van der Waals surface area contributed by atoms with Crippen molar-refractivity contribution in [2.24, 2.45) is 7.05 Å². The molecule has 4 heteroatoms. The van der Waals surface area contributed by atoms with Crippen molar-refractivity contribution in [3.8, 4) is 5.75 Å². The van der Waals surface area contributed by atoms with Crippen molar-refractivity contribution in [3.05, 3.63) is 52.1 Å². The zero-order chi connectivity index (χ0) is 13.7. The minimum atomic E-state index is -0.338. The average Bonchev–Trinajstić information content (AvgIpc) is 2.38. The third-order valence-electron chi connectivity index (χ3n) is 3.47. The fraction of sp³-hybridized carbons (Fsp3) is 0.133. The van der Waals surface area contributed by atoms with Crippen molar-refractivity contribution in [1.29, 1.82) is 0 Å². The van der Waals surface area contributed by atoms with Gasteiger partial charge in [-0.15, -0.1) is 0 Å². The number of aryl methyl sites for hydroxylation is 2. The molecule has 1 aromatic heterocycles. The van der Waals surface area contributed by atoms with Crippen LogP contribution in [0.3, 0.4) is 0 Å². The van der Waals surface area contributed by atoms with E-state index < -0.39 is 0 Å². The number of phenolic OH excluding ortho intramolecular Hbond substituents is 1. The number of nitrogens with zero attached hydrogens (tertiary/aromatic N) is 1. The standard InChI is InChI=1S/C15H12FNO2/c1-8-5-12-11(7-13(8)16)10-4-3-9(18)6-14(10)17(2)15(12)19/h3-7,18H,1-2H3. The van der Waals surface area contributed by atoms with Crippen molar-refractivity contribution >= 4 is 21.7 Å². The van der Waals surface area contributed by atoms with Crippen LogP contribution in [0.2, 0.25) is 0 Å². The topological polar surface area (TPSA) is 42.2 Å². The highest BCUT2D eigenvalue weighted by Crippen LogP contribution is 2.27. The highest BCUT2D eigenvalue weighted by atomic mass is 19.1. The smallest absolute Gasteiger partial charge is 0.258 e. The predicted molar refractivity (Wildman–Crippen MR) is 73.1 cm³/mol. The van der Waals surface area contributed by atoms with Gasteiger partial charge in [-0.1, -0.05) is 0 Å². The van der Waals surface area contributed by atoms with Crippen molar-refractivity contribution in [1.82, 2.24) is 4.57 Å². The van der Waals surface area contributed by atoms with Crippen LogP contribution in [0.15, 0.2) is 35.1 Å². The number of aromatic hydroxyl groups is 1. The van der Waals surface area contributed by atoms with Gasteiger partial charge in [-0.2, -0.15) is 0 Å². The molecule has 0 aliphatic rings. The first-order chi connectivity index (χ1) is 8.99. The molecule has 0 saturated carbocycles. The Morgan fingerprint density at radius 3 is 2.58 bits per heavy atom. The molecule has 3 aromatic rings. The number of fused-ring (bicyclic) bond motifs is 3. The summed E-state index contributed by atoms with van der Waals surface area (Å²) in [5, 5.41) is 11.3. The van der Waals surface area contributed by atoms with Gasteiger partial charge in [-0.25, -0.2) is 4.39 Å². The van der Waals surface area contributed by atoms with Gasteiger partial charge in [-0.3, -0.25) is 4.79 Å². The number of rotatable bonds is 0. The Kier molecular flexibility index (Phi) is 2.35. The second kappa shape index (κ2) is 3.82. The highest BCUT2D eigenvalue weighted by Gasteiger charge is 2.11. The number of benzene rings is 2. The summed E-state index contributed by atoms with van der Waals surface area (Å²) in [6.07, 6.45) is 0. The molecule has 0 aliphatic carbocycles. The van der Waals surface area contributed by atoms with Gasteiger partial charge < -0.3 is 9.67 Å². The molecule has 0 fully saturated rings. The van der Waals surface area contributed by atoms with Crippen LogP contribution in [0.1, 0.15) is 5.56 Å². The van der Waals surface area contributed by atoms with Crippen molar-refractivity contribution in [3.63, 3.8) is 0 Å². The van der Waals surface area contributed by atoms with Crippen LogP contribution < -0.4 is 5.56 Å². The summed E-state index contributed by atoms with van der Waals surface area (Å²) in [5.74, 6) is -0.260. The Balaban J connectivity index is 2.67. The van der Waals surface area contributed by atoms with Crippen LogP contribution in [0.4, 0.5) is 4.39 Å². The number of hydrogen-bond donors (Lipinski definition) is 1. The van der Waals surface area contributed by atoms with Gasteiger partial charge >= 0.3 is 0 Å². The zero-order valence-electron chi connectivity index (χ0n) is 10.6. The van der Waals surface area contributed by atoms with Crippen LogP contribution in [0.5, 0.6) is 5.75 Å². The summed E-state index contributed by atoms with van der Waals surface area (Å²) >= 11 is 0. The van der Waals surface area contributed by atoms with Gasteiger partial charge in [0.2, 0.25) is 0 Å². The quantitative estimate of drug-likeness (QED) is 0.629. The number of aromatic nitrogens is 1. The van der Waals surface area contributed by atoms with E-state index in [0.717, 1.165) is 5.39 Å². The first-order valence-electron chi connectivity index (χ1n) is 5.90. The summed E-state index contributed by atoms with van der Waals surface area (Å²) in [6, 6.07) is 7.68. The normalized spacial score (nSPS) is 11.3. The summed E-state index contributed by atoms with van der Waals surface area (Å²) < 4.78 is 15.2. The molecule has 0 aliphatic heterocycles. The maximum absolute atomic E-state index is 13.7. The maximum Gasteiger partial charge on any atom is 0.258 e. The minimum absolute atomic E-state index is 0.0782. The van der Waals surface area contributed by atoms with Gasteiger partial charge in [0.15, 0.2) is 0 Å². The summed E-state index contributed by atoms with van der Waals surface area (Å²) in [7, 11) is 1.64. The molecule has 0 atom stereocenters. The molecule has 0 spiro atoms. The largest absolute Gasteiger partial charge is 0.508 e. The van der Waals surface area contributed by atoms with E-state index in [-0.39, 0.29) is 17.1 Å². The number of pyridine rings is 1. The maximum atomic E-state index is 13.7.